The number of amides is 1. The van der Waals surface area contributed by atoms with Gasteiger partial charge in [-0.1, -0.05) is 19.1 Å². The lowest BCUT2D eigenvalue weighted by atomic mass is 10.00. The third-order valence-corrected chi connectivity index (χ3v) is 7.53. The maximum atomic E-state index is 13.2. The Bertz CT molecular complexity index is 1380. The molecule has 3 aromatic carbocycles. The minimum atomic E-state index is -3.33. The van der Waals surface area contributed by atoms with E-state index in [0.717, 1.165) is 44.3 Å². The lowest BCUT2D eigenvalue weighted by Crippen LogP contribution is -2.54. The number of rotatable bonds is 12. The molecule has 0 bridgehead atoms. The monoisotopic (exact) mass is 620 g/mol. The first-order chi connectivity index (χ1) is 19.6. The Morgan fingerprint density at radius 2 is 1.52 bits per heavy atom. The zero-order valence-corrected chi connectivity index (χ0v) is 25.3. The SMILES string of the molecule is CCC(O)C(NC1CCN(Cc2ccc(Oc3ccc(NS(C)(=O)=O)cc3)cc2)CC1)C(=O)Nc1ccc(F)cc1.Cl. The highest BCUT2D eigenvalue weighted by atomic mass is 35.5. The Morgan fingerprint density at radius 3 is 2.07 bits per heavy atom. The lowest BCUT2D eigenvalue weighted by Gasteiger charge is -2.35. The number of piperidine rings is 1. The highest BCUT2D eigenvalue weighted by molar-refractivity contribution is 7.92. The molecule has 0 saturated carbocycles. The molecular formula is C30H38ClFN4O5S. The predicted molar refractivity (Wildman–Crippen MR) is 165 cm³/mol. The third kappa shape index (κ3) is 10.2. The van der Waals surface area contributed by atoms with Crippen LogP contribution < -0.4 is 20.1 Å². The molecular weight excluding hydrogens is 583 g/mol. The fourth-order valence-electron chi connectivity index (χ4n) is 4.72. The molecule has 2 atom stereocenters. The zero-order valence-electron chi connectivity index (χ0n) is 23.6. The van der Waals surface area contributed by atoms with Gasteiger partial charge >= 0.3 is 0 Å². The van der Waals surface area contributed by atoms with Crippen molar-refractivity contribution in [1.82, 2.24) is 10.2 Å². The Hall–Kier alpha value is -3.22. The number of aliphatic hydroxyl groups excluding tert-OH is 1. The Labute approximate surface area is 252 Å². The Morgan fingerprint density at radius 1 is 0.976 bits per heavy atom. The first-order valence-electron chi connectivity index (χ1n) is 13.7. The second-order valence-electron chi connectivity index (χ2n) is 10.3. The average molecular weight is 621 g/mol. The van der Waals surface area contributed by atoms with Gasteiger partial charge in [0.05, 0.1) is 12.4 Å². The molecule has 1 heterocycles. The van der Waals surface area contributed by atoms with Crippen molar-refractivity contribution in [2.75, 3.05) is 29.4 Å². The van der Waals surface area contributed by atoms with E-state index in [4.69, 9.17) is 4.74 Å². The van der Waals surface area contributed by atoms with Crippen LogP contribution in [-0.2, 0) is 21.4 Å². The van der Waals surface area contributed by atoms with E-state index >= 15 is 0 Å². The molecule has 228 valence electrons. The number of ether oxygens (including phenoxy) is 1. The van der Waals surface area contributed by atoms with Crippen LogP contribution in [0.15, 0.2) is 72.8 Å². The van der Waals surface area contributed by atoms with E-state index in [0.29, 0.717) is 29.3 Å². The standard InChI is InChI=1S/C30H37FN4O5S.ClH/c1-3-28(36)29(30(37)33-23-8-6-22(31)7-9-23)32-24-16-18-35(19-17-24)20-21-4-12-26(13-5-21)40-27-14-10-25(11-15-27)34-41(2,38)39;/h4-15,24,28-29,32,34,36H,3,16-20H2,1-2H3,(H,33,37);1H. The number of aliphatic hydroxyl groups is 1. The van der Waals surface area contributed by atoms with E-state index < -0.39 is 22.2 Å². The van der Waals surface area contributed by atoms with Crippen LogP contribution in [0.4, 0.5) is 15.8 Å². The predicted octanol–water partition coefficient (Wildman–Crippen LogP) is 4.74. The number of nitrogens with one attached hydrogen (secondary N) is 3. The van der Waals surface area contributed by atoms with Crippen LogP contribution in [0.5, 0.6) is 11.5 Å². The second kappa shape index (κ2) is 15.3. The number of likely N-dealkylation sites (tertiary alicyclic amines) is 1. The van der Waals surface area contributed by atoms with E-state index in [1.807, 2.05) is 31.2 Å². The van der Waals surface area contributed by atoms with Crippen LogP contribution in [0.2, 0.25) is 0 Å². The number of nitrogens with zero attached hydrogens (tertiary/aromatic N) is 1. The summed E-state index contributed by atoms with van der Waals surface area (Å²) >= 11 is 0. The van der Waals surface area contributed by atoms with Crippen molar-refractivity contribution in [2.45, 2.75) is 50.9 Å². The summed E-state index contributed by atoms with van der Waals surface area (Å²) in [6, 6.07) is 19.4. The van der Waals surface area contributed by atoms with E-state index in [1.165, 1.54) is 24.3 Å². The van der Waals surface area contributed by atoms with Crippen molar-refractivity contribution in [2.24, 2.45) is 0 Å². The van der Waals surface area contributed by atoms with Crippen molar-refractivity contribution in [3.63, 3.8) is 0 Å². The molecule has 0 radical (unpaired) electrons. The van der Waals surface area contributed by atoms with Gasteiger partial charge in [-0.25, -0.2) is 12.8 Å². The molecule has 1 amide bonds. The van der Waals surface area contributed by atoms with Gasteiger partial charge in [-0.3, -0.25) is 14.4 Å². The molecule has 4 rings (SSSR count). The summed E-state index contributed by atoms with van der Waals surface area (Å²) in [6.07, 6.45) is 2.37. The fraction of sp³-hybridized carbons (Fsp3) is 0.367. The van der Waals surface area contributed by atoms with Crippen LogP contribution in [0.1, 0.15) is 31.7 Å². The van der Waals surface area contributed by atoms with Gasteiger partial charge in [0.25, 0.3) is 0 Å². The van der Waals surface area contributed by atoms with E-state index in [1.54, 1.807) is 24.3 Å². The van der Waals surface area contributed by atoms with Gasteiger partial charge in [-0.15, -0.1) is 12.4 Å². The first kappa shape index (κ1) is 33.3. The van der Waals surface area contributed by atoms with Gasteiger partial charge in [-0.2, -0.15) is 0 Å². The van der Waals surface area contributed by atoms with Crippen molar-refractivity contribution in [3.8, 4) is 11.5 Å². The highest BCUT2D eigenvalue weighted by Gasteiger charge is 2.30. The maximum Gasteiger partial charge on any atom is 0.244 e. The number of sulfonamides is 1. The molecule has 2 unspecified atom stereocenters. The van der Waals surface area contributed by atoms with E-state index in [9.17, 15) is 22.7 Å². The molecule has 1 aliphatic rings. The first-order valence-corrected chi connectivity index (χ1v) is 15.5. The molecule has 1 saturated heterocycles. The zero-order chi connectivity index (χ0) is 29.4. The number of halogens is 2. The minimum absolute atomic E-state index is 0. The second-order valence-corrected chi connectivity index (χ2v) is 12.1. The molecule has 1 fully saturated rings. The maximum absolute atomic E-state index is 13.2. The summed E-state index contributed by atoms with van der Waals surface area (Å²) in [7, 11) is -3.33. The van der Waals surface area contributed by atoms with E-state index in [-0.39, 0.29) is 30.2 Å². The van der Waals surface area contributed by atoms with Crippen molar-refractivity contribution in [3.05, 3.63) is 84.2 Å². The smallest absolute Gasteiger partial charge is 0.244 e. The summed E-state index contributed by atoms with van der Waals surface area (Å²) in [5.74, 6) is 0.567. The van der Waals surface area contributed by atoms with Crippen molar-refractivity contribution >= 4 is 39.7 Å². The molecule has 4 N–H and O–H groups in total. The molecule has 0 aliphatic carbocycles. The van der Waals surface area contributed by atoms with Crippen LogP contribution in [-0.4, -0.2) is 61.9 Å². The van der Waals surface area contributed by atoms with Crippen molar-refractivity contribution < 1.29 is 27.4 Å². The van der Waals surface area contributed by atoms with Crippen molar-refractivity contribution in [1.29, 1.82) is 0 Å². The van der Waals surface area contributed by atoms with Gasteiger partial charge < -0.3 is 20.5 Å². The van der Waals surface area contributed by atoms with Gasteiger partial charge in [-0.05, 0) is 98.6 Å². The number of carbonyl (C=O) groups excluding carboxylic acids is 1. The molecule has 0 aromatic heterocycles. The summed E-state index contributed by atoms with van der Waals surface area (Å²) in [6.45, 7) is 4.31. The van der Waals surface area contributed by atoms with Gasteiger partial charge in [0.15, 0.2) is 0 Å². The largest absolute Gasteiger partial charge is 0.457 e. The minimum Gasteiger partial charge on any atom is -0.457 e. The van der Waals surface area contributed by atoms with Gasteiger partial charge in [0.1, 0.15) is 23.4 Å². The summed E-state index contributed by atoms with van der Waals surface area (Å²) in [5.41, 5.74) is 2.10. The van der Waals surface area contributed by atoms with Crippen LogP contribution in [0.3, 0.4) is 0 Å². The lowest BCUT2D eigenvalue weighted by molar-refractivity contribution is -0.121. The van der Waals surface area contributed by atoms with Gasteiger partial charge in [0, 0.05) is 24.0 Å². The van der Waals surface area contributed by atoms with Gasteiger partial charge in [0.2, 0.25) is 15.9 Å². The molecule has 3 aromatic rings. The third-order valence-electron chi connectivity index (χ3n) is 6.92. The average Bonchev–Trinajstić information content (AvgIpc) is 2.94. The number of benzene rings is 3. The fourth-order valence-corrected chi connectivity index (χ4v) is 5.29. The summed E-state index contributed by atoms with van der Waals surface area (Å²) in [5, 5.41) is 16.7. The number of carbonyl (C=O) groups is 1. The van der Waals surface area contributed by atoms with Crippen LogP contribution in [0, 0.1) is 5.82 Å². The normalized spacial score (nSPS) is 15.7. The van der Waals surface area contributed by atoms with E-state index in [2.05, 4.69) is 20.3 Å². The Balaban J connectivity index is 0.00000484. The number of hydrogen-bond acceptors (Lipinski definition) is 7. The quantitative estimate of drug-likeness (QED) is 0.231. The number of hydrogen-bond donors (Lipinski definition) is 4. The Kier molecular flexibility index (Phi) is 12.1. The molecule has 0 spiro atoms. The van der Waals surface area contributed by atoms with Crippen LogP contribution >= 0.6 is 12.4 Å². The topological polar surface area (TPSA) is 120 Å². The summed E-state index contributed by atoms with van der Waals surface area (Å²) < 4.78 is 44.2. The summed E-state index contributed by atoms with van der Waals surface area (Å²) in [4.78, 5) is 15.3. The molecule has 1 aliphatic heterocycles. The highest BCUT2D eigenvalue weighted by Crippen LogP contribution is 2.24. The molecule has 12 heteroatoms. The molecule has 9 nitrogen and oxygen atoms in total. The molecule has 42 heavy (non-hydrogen) atoms. The number of anilines is 2. The van der Waals surface area contributed by atoms with Crippen LogP contribution in [0.25, 0.3) is 0 Å².